The summed E-state index contributed by atoms with van der Waals surface area (Å²) < 4.78 is 5.94. The van der Waals surface area contributed by atoms with Crippen LogP contribution in [-0.2, 0) is 4.74 Å². The molecule has 1 fully saturated rings. The average Bonchev–Trinajstić information content (AvgIpc) is 2.58. The maximum atomic E-state index is 5.94. The summed E-state index contributed by atoms with van der Waals surface area (Å²) in [7, 11) is 0. The smallest absolute Gasteiger partial charge is 0.0594 e. The molecular weight excluding hydrogens is 198 g/mol. The number of ether oxygens (including phenoxy) is 1. The minimum atomic E-state index is 0.547. The third kappa shape index (κ3) is 5.86. The number of nitrogens with one attached hydrogen (secondary N) is 1. The van der Waals surface area contributed by atoms with Gasteiger partial charge in [-0.2, -0.15) is 0 Å². The van der Waals surface area contributed by atoms with Crippen molar-refractivity contribution in [1.82, 2.24) is 5.32 Å². The first kappa shape index (κ1) is 14.0. The molecule has 1 aliphatic rings. The number of rotatable bonds is 7. The Labute approximate surface area is 101 Å². The second-order valence-electron chi connectivity index (χ2n) is 4.95. The molecule has 0 unspecified atom stereocenters. The van der Waals surface area contributed by atoms with Crippen molar-refractivity contribution in [2.75, 3.05) is 13.2 Å². The fraction of sp³-hybridized carbons (Fsp3) is 1.00. The van der Waals surface area contributed by atoms with Crippen LogP contribution < -0.4 is 5.32 Å². The summed E-state index contributed by atoms with van der Waals surface area (Å²) in [4.78, 5) is 0. The molecule has 0 aromatic heterocycles. The second-order valence-corrected chi connectivity index (χ2v) is 4.95. The first-order chi connectivity index (χ1) is 7.86. The van der Waals surface area contributed by atoms with E-state index < -0.39 is 0 Å². The Bertz CT molecular complexity index is 149. The van der Waals surface area contributed by atoms with Crippen molar-refractivity contribution >= 4 is 0 Å². The van der Waals surface area contributed by atoms with Gasteiger partial charge in [0.2, 0.25) is 0 Å². The molecule has 0 amide bonds. The van der Waals surface area contributed by atoms with E-state index in [4.69, 9.17) is 4.74 Å². The van der Waals surface area contributed by atoms with Gasteiger partial charge in [-0.05, 0) is 25.7 Å². The molecule has 16 heavy (non-hydrogen) atoms. The lowest BCUT2D eigenvalue weighted by Gasteiger charge is -2.18. The van der Waals surface area contributed by atoms with Gasteiger partial charge < -0.3 is 10.1 Å². The Kier molecular flexibility index (Phi) is 7.87. The standard InChI is InChI=1S/C14H29NO/c1-3-13(4-2)15-11-12-16-14-9-7-5-6-8-10-14/h13-15H,3-12H2,1-2H3. The van der Waals surface area contributed by atoms with Crippen molar-refractivity contribution < 1.29 is 4.74 Å². The van der Waals surface area contributed by atoms with E-state index in [9.17, 15) is 0 Å². The summed E-state index contributed by atoms with van der Waals surface area (Å²) in [5, 5.41) is 3.55. The fourth-order valence-electron chi connectivity index (χ4n) is 2.47. The van der Waals surface area contributed by atoms with Crippen molar-refractivity contribution in [2.24, 2.45) is 0 Å². The van der Waals surface area contributed by atoms with Crippen molar-refractivity contribution in [3.8, 4) is 0 Å². The quantitative estimate of drug-likeness (QED) is 0.531. The molecule has 0 spiro atoms. The van der Waals surface area contributed by atoms with Crippen molar-refractivity contribution in [1.29, 1.82) is 0 Å². The summed E-state index contributed by atoms with van der Waals surface area (Å²) >= 11 is 0. The van der Waals surface area contributed by atoms with E-state index >= 15 is 0 Å². The lowest BCUT2D eigenvalue weighted by atomic mass is 10.1. The predicted molar refractivity (Wildman–Crippen MR) is 69.8 cm³/mol. The van der Waals surface area contributed by atoms with E-state index in [0.29, 0.717) is 12.1 Å². The third-order valence-electron chi connectivity index (χ3n) is 3.68. The van der Waals surface area contributed by atoms with Crippen LogP contribution in [0.4, 0.5) is 0 Å². The Hall–Kier alpha value is -0.0800. The van der Waals surface area contributed by atoms with Crippen LogP contribution in [0.2, 0.25) is 0 Å². The Morgan fingerprint density at radius 1 is 1.06 bits per heavy atom. The van der Waals surface area contributed by atoms with Gasteiger partial charge in [0.25, 0.3) is 0 Å². The van der Waals surface area contributed by atoms with Crippen LogP contribution in [0.3, 0.4) is 0 Å². The summed E-state index contributed by atoms with van der Waals surface area (Å²) in [6.45, 7) is 6.39. The van der Waals surface area contributed by atoms with Crippen LogP contribution in [0, 0.1) is 0 Å². The van der Waals surface area contributed by atoms with Gasteiger partial charge >= 0.3 is 0 Å². The Morgan fingerprint density at radius 2 is 1.69 bits per heavy atom. The van der Waals surface area contributed by atoms with E-state index in [0.717, 1.165) is 13.2 Å². The summed E-state index contributed by atoms with van der Waals surface area (Å²) in [5.41, 5.74) is 0. The van der Waals surface area contributed by atoms with Crippen LogP contribution in [-0.4, -0.2) is 25.3 Å². The minimum absolute atomic E-state index is 0.547. The van der Waals surface area contributed by atoms with Crippen LogP contribution >= 0.6 is 0 Å². The van der Waals surface area contributed by atoms with Gasteiger partial charge in [0.05, 0.1) is 12.7 Å². The van der Waals surface area contributed by atoms with E-state index in [-0.39, 0.29) is 0 Å². The zero-order chi connectivity index (χ0) is 11.6. The maximum absolute atomic E-state index is 5.94. The predicted octanol–water partition coefficient (Wildman–Crippen LogP) is 3.50. The molecule has 0 atom stereocenters. The van der Waals surface area contributed by atoms with Crippen LogP contribution in [0.5, 0.6) is 0 Å². The molecule has 0 aliphatic heterocycles. The summed E-state index contributed by atoms with van der Waals surface area (Å²) in [5.74, 6) is 0. The highest BCUT2D eigenvalue weighted by Gasteiger charge is 2.12. The first-order valence-electron chi connectivity index (χ1n) is 7.21. The third-order valence-corrected chi connectivity index (χ3v) is 3.68. The van der Waals surface area contributed by atoms with Gasteiger partial charge in [-0.3, -0.25) is 0 Å². The van der Waals surface area contributed by atoms with Crippen molar-refractivity contribution in [3.05, 3.63) is 0 Å². The molecule has 2 nitrogen and oxygen atoms in total. The van der Waals surface area contributed by atoms with Crippen LogP contribution in [0.1, 0.15) is 65.2 Å². The molecule has 1 saturated carbocycles. The van der Waals surface area contributed by atoms with Gasteiger partial charge in [0, 0.05) is 12.6 Å². The molecule has 0 aromatic rings. The van der Waals surface area contributed by atoms with Gasteiger partial charge in [0.1, 0.15) is 0 Å². The highest BCUT2D eigenvalue weighted by molar-refractivity contribution is 4.65. The van der Waals surface area contributed by atoms with E-state index in [1.54, 1.807) is 0 Å². The van der Waals surface area contributed by atoms with Crippen LogP contribution in [0.15, 0.2) is 0 Å². The highest BCUT2D eigenvalue weighted by atomic mass is 16.5. The van der Waals surface area contributed by atoms with Gasteiger partial charge in [-0.1, -0.05) is 39.5 Å². The zero-order valence-electron chi connectivity index (χ0n) is 11.1. The molecule has 0 heterocycles. The second kappa shape index (κ2) is 9.00. The molecular formula is C14H29NO. The molecule has 2 heteroatoms. The van der Waals surface area contributed by atoms with Crippen molar-refractivity contribution in [3.63, 3.8) is 0 Å². The average molecular weight is 227 g/mol. The minimum Gasteiger partial charge on any atom is -0.377 e. The van der Waals surface area contributed by atoms with Crippen LogP contribution in [0.25, 0.3) is 0 Å². The molecule has 0 bridgehead atoms. The molecule has 0 saturated heterocycles. The molecule has 0 aromatic carbocycles. The molecule has 1 N–H and O–H groups in total. The fourth-order valence-corrected chi connectivity index (χ4v) is 2.47. The lowest BCUT2D eigenvalue weighted by Crippen LogP contribution is -2.31. The highest BCUT2D eigenvalue weighted by Crippen LogP contribution is 2.19. The van der Waals surface area contributed by atoms with Gasteiger partial charge in [-0.15, -0.1) is 0 Å². The molecule has 96 valence electrons. The number of hydrogen-bond acceptors (Lipinski definition) is 2. The van der Waals surface area contributed by atoms with E-state index in [2.05, 4.69) is 19.2 Å². The van der Waals surface area contributed by atoms with E-state index in [1.807, 2.05) is 0 Å². The summed E-state index contributed by atoms with van der Waals surface area (Å²) in [6.07, 6.45) is 11.1. The normalized spacial score (nSPS) is 18.9. The SMILES string of the molecule is CCC(CC)NCCOC1CCCCCC1. The molecule has 0 radical (unpaired) electrons. The Morgan fingerprint density at radius 3 is 2.25 bits per heavy atom. The molecule has 1 rings (SSSR count). The molecule has 1 aliphatic carbocycles. The lowest BCUT2D eigenvalue weighted by molar-refractivity contribution is 0.0439. The number of hydrogen-bond donors (Lipinski definition) is 1. The van der Waals surface area contributed by atoms with Gasteiger partial charge in [0.15, 0.2) is 0 Å². The van der Waals surface area contributed by atoms with Crippen molar-refractivity contribution in [2.45, 2.75) is 77.4 Å². The zero-order valence-corrected chi connectivity index (χ0v) is 11.1. The van der Waals surface area contributed by atoms with E-state index in [1.165, 1.54) is 51.4 Å². The Balaban J connectivity index is 2.00. The topological polar surface area (TPSA) is 21.3 Å². The monoisotopic (exact) mass is 227 g/mol. The largest absolute Gasteiger partial charge is 0.377 e. The van der Waals surface area contributed by atoms with Gasteiger partial charge in [-0.25, -0.2) is 0 Å². The summed E-state index contributed by atoms with van der Waals surface area (Å²) in [6, 6.07) is 0.678. The first-order valence-corrected chi connectivity index (χ1v) is 7.21. The maximum Gasteiger partial charge on any atom is 0.0594 e.